The van der Waals surface area contributed by atoms with Crippen LogP contribution in [0.2, 0.25) is 0 Å². The van der Waals surface area contributed by atoms with Crippen molar-refractivity contribution in [3.8, 4) is 6.07 Å². The van der Waals surface area contributed by atoms with E-state index >= 15 is 0 Å². The van der Waals surface area contributed by atoms with Crippen molar-refractivity contribution in [1.29, 1.82) is 5.26 Å². The fraction of sp³-hybridized carbons (Fsp3) is 0.500. The van der Waals surface area contributed by atoms with Crippen LogP contribution in [0.5, 0.6) is 0 Å². The van der Waals surface area contributed by atoms with E-state index in [2.05, 4.69) is 16.7 Å². The van der Waals surface area contributed by atoms with Crippen LogP contribution in [-0.2, 0) is 0 Å². The SMILES string of the molecule is N#CC1=CNC(NC2CCC2)C=C1. The Kier molecular flexibility index (Phi) is 2.33. The highest BCUT2D eigenvalue weighted by Gasteiger charge is 2.19. The summed E-state index contributed by atoms with van der Waals surface area (Å²) >= 11 is 0. The third-order valence-electron chi connectivity index (χ3n) is 2.54. The molecule has 1 aliphatic carbocycles. The molecule has 13 heavy (non-hydrogen) atoms. The number of hydrogen-bond acceptors (Lipinski definition) is 3. The molecule has 1 unspecified atom stereocenters. The van der Waals surface area contributed by atoms with Crippen molar-refractivity contribution in [3.05, 3.63) is 23.9 Å². The summed E-state index contributed by atoms with van der Waals surface area (Å²) in [6.07, 6.45) is 9.72. The van der Waals surface area contributed by atoms with Gasteiger partial charge in [-0.1, -0.05) is 6.42 Å². The summed E-state index contributed by atoms with van der Waals surface area (Å²) < 4.78 is 0. The fourth-order valence-corrected chi connectivity index (χ4v) is 1.49. The van der Waals surface area contributed by atoms with E-state index in [9.17, 15) is 0 Å². The quantitative estimate of drug-likeness (QED) is 0.658. The summed E-state index contributed by atoms with van der Waals surface area (Å²) in [7, 11) is 0. The number of nitriles is 1. The Labute approximate surface area is 78.1 Å². The predicted octanol–water partition coefficient (Wildman–Crippen LogP) is 1.02. The minimum absolute atomic E-state index is 0.211. The lowest BCUT2D eigenvalue weighted by atomic mass is 9.93. The highest BCUT2D eigenvalue weighted by molar-refractivity contribution is 5.35. The van der Waals surface area contributed by atoms with Gasteiger partial charge in [-0.3, -0.25) is 5.32 Å². The molecule has 1 heterocycles. The molecule has 2 N–H and O–H groups in total. The Morgan fingerprint density at radius 2 is 2.38 bits per heavy atom. The fourth-order valence-electron chi connectivity index (χ4n) is 1.49. The third kappa shape index (κ3) is 1.90. The minimum Gasteiger partial charge on any atom is -0.371 e. The molecule has 1 saturated carbocycles. The zero-order valence-electron chi connectivity index (χ0n) is 7.46. The molecule has 0 bridgehead atoms. The molecule has 3 nitrogen and oxygen atoms in total. The molecule has 0 aromatic rings. The molecule has 2 aliphatic rings. The van der Waals surface area contributed by atoms with Gasteiger partial charge in [-0.15, -0.1) is 0 Å². The van der Waals surface area contributed by atoms with Crippen LogP contribution in [0, 0.1) is 11.3 Å². The van der Waals surface area contributed by atoms with Crippen LogP contribution in [0.4, 0.5) is 0 Å². The van der Waals surface area contributed by atoms with E-state index in [-0.39, 0.29) is 6.17 Å². The molecule has 0 amide bonds. The lowest BCUT2D eigenvalue weighted by Crippen LogP contribution is -2.47. The molecule has 0 aromatic heterocycles. The van der Waals surface area contributed by atoms with Crippen LogP contribution in [0.25, 0.3) is 0 Å². The number of hydrogen-bond donors (Lipinski definition) is 2. The van der Waals surface area contributed by atoms with Gasteiger partial charge >= 0.3 is 0 Å². The normalized spacial score (nSPS) is 27.0. The first-order valence-electron chi connectivity index (χ1n) is 4.69. The van der Waals surface area contributed by atoms with E-state index in [1.807, 2.05) is 12.2 Å². The molecule has 0 radical (unpaired) electrons. The summed E-state index contributed by atoms with van der Waals surface area (Å²) in [5, 5.41) is 15.2. The molecular formula is C10H13N3. The lowest BCUT2D eigenvalue weighted by molar-refractivity contribution is 0.311. The molecule has 0 saturated heterocycles. The predicted molar refractivity (Wildman–Crippen MR) is 50.5 cm³/mol. The van der Waals surface area contributed by atoms with Crippen LogP contribution in [-0.4, -0.2) is 12.2 Å². The van der Waals surface area contributed by atoms with E-state index in [0.29, 0.717) is 11.6 Å². The van der Waals surface area contributed by atoms with E-state index in [1.54, 1.807) is 6.20 Å². The molecule has 2 rings (SSSR count). The maximum atomic E-state index is 8.59. The first-order valence-corrected chi connectivity index (χ1v) is 4.69. The molecule has 3 heteroatoms. The van der Waals surface area contributed by atoms with Gasteiger partial charge in [-0.2, -0.15) is 5.26 Å². The van der Waals surface area contributed by atoms with Crippen LogP contribution in [0.3, 0.4) is 0 Å². The van der Waals surface area contributed by atoms with Gasteiger partial charge in [0.05, 0.1) is 11.7 Å². The highest BCUT2D eigenvalue weighted by Crippen LogP contribution is 2.18. The Hall–Kier alpha value is -1.27. The molecule has 0 aromatic carbocycles. The summed E-state index contributed by atoms with van der Waals surface area (Å²) in [6.45, 7) is 0. The maximum absolute atomic E-state index is 8.59. The summed E-state index contributed by atoms with van der Waals surface area (Å²) in [5.74, 6) is 0. The minimum atomic E-state index is 0.211. The molecule has 1 aliphatic heterocycles. The molecular weight excluding hydrogens is 162 g/mol. The van der Waals surface area contributed by atoms with Crippen LogP contribution in [0.1, 0.15) is 19.3 Å². The Bertz CT molecular complexity index is 281. The van der Waals surface area contributed by atoms with Crippen molar-refractivity contribution in [2.24, 2.45) is 0 Å². The second-order valence-electron chi connectivity index (χ2n) is 3.51. The second-order valence-corrected chi connectivity index (χ2v) is 3.51. The topological polar surface area (TPSA) is 47.9 Å². The third-order valence-corrected chi connectivity index (χ3v) is 2.54. The van der Waals surface area contributed by atoms with Gasteiger partial charge in [0.15, 0.2) is 0 Å². The zero-order valence-corrected chi connectivity index (χ0v) is 7.46. The monoisotopic (exact) mass is 175 g/mol. The van der Waals surface area contributed by atoms with Crippen LogP contribution in [0.15, 0.2) is 23.9 Å². The van der Waals surface area contributed by atoms with Crippen molar-refractivity contribution in [3.63, 3.8) is 0 Å². The number of nitrogens with one attached hydrogen (secondary N) is 2. The largest absolute Gasteiger partial charge is 0.371 e. The van der Waals surface area contributed by atoms with Crippen molar-refractivity contribution < 1.29 is 0 Å². The summed E-state index contributed by atoms with van der Waals surface area (Å²) in [5.41, 5.74) is 0.687. The smallest absolute Gasteiger partial charge is 0.101 e. The average Bonchev–Trinajstić information content (AvgIpc) is 2.12. The summed E-state index contributed by atoms with van der Waals surface area (Å²) in [6, 6.07) is 2.76. The Balaban J connectivity index is 1.82. The number of dihydropyridines is 1. The standard InChI is InChI=1S/C10H13N3/c11-6-8-4-5-10(12-7-8)13-9-2-1-3-9/h4-5,7,9-10,12-13H,1-3H2. The number of nitrogens with zero attached hydrogens (tertiary/aromatic N) is 1. The summed E-state index contributed by atoms with van der Waals surface area (Å²) in [4.78, 5) is 0. The zero-order chi connectivity index (χ0) is 9.10. The molecule has 1 fully saturated rings. The van der Waals surface area contributed by atoms with Gasteiger partial charge in [0, 0.05) is 12.2 Å². The van der Waals surface area contributed by atoms with E-state index in [1.165, 1.54) is 19.3 Å². The number of rotatable bonds is 2. The van der Waals surface area contributed by atoms with Crippen molar-refractivity contribution in [1.82, 2.24) is 10.6 Å². The van der Waals surface area contributed by atoms with Crippen molar-refractivity contribution in [2.45, 2.75) is 31.5 Å². The second kappa shape index (κ2) is 3.63. The van der Waals surface area contributed by atoms with Crippen molar-refractivity contribution >= 4 is 0 Å². The Morgan fingerprint density at radius 3 is 2.85 bits per heavy atom. The average molecular weight is 175 g/mol. The first-order chi connectivity index (χ1) is 6.38. The van der Waals surface area contributed by atoms with Gasteiger partial charge in [0.1, 0.15) is 6.07 Å². The van der Waals surface area contributed by atoms with Crippen LogP contribution < -0.4 is 10.6 Å². The Morgan fingerprint density at radius 1 is 1.54 bits per heavy atom. The van der Waals surface area contributed by atoms with Gasteiger partial charge in [-0.05, 0) is 25.0 Å². The first kappa shape index (κ1) is 8.33. The molecule has 68 valence electrons. The molecule has 0 spiro atoms. The van der Waals surface area contributed by atoms with E-state index in [0.717, 1.165) is 0 Å². The van der Waals surface area contributed by atoms with Crippen molar-refractivity contribution in [2.75, 3.05) is 0 Å². The highest BCUT2D eigenvalue weighted by atomic mass is 15.1. The van der Waals surface area contributed by atoms with Crippen LogP contribution >= 0.6 is 0 Å². The van der Waals surface area contributed by atoms with E-state index in [4.69, 9.17) is 5.26 Å². The van der Waals surface area contributed by atoms with Gasteiger partial charge in [0.25, 0.3) is 0 Å². The van der Waals surface area contributed by atoms with Gasteiger partial charge in [0.2, 0.25) is 0 Å². The lowest BCUT2D eigenvalue weighted by Gasteiger charge is -2.31. The number of allylic oxidation sites excluding steroid dienone is 2. The van der Waals surface area contributed by atoms with Gasteiger partial charge < -0.3 is 5.32 Å². The van der Waals surface area contributed by atoms with Gasteiger partial charge in [-0.25, -0.2) is 0 Å². The maximum Gasteiger partial charge on any atom is 0.101 e. The molecule has 1 atom stereocenters. The van der Waals surface area contributed by atoms with E-state index < -0.39 is 0 Å².